The highest BCUT2D eigenvalue weighted by Crippen LogP contribution is 2.63. The average Bonchev–Trinajstić information content (AvgIpc) is 2.71. The van der Waals surface area contributed by atoms with E-state index in [1.165, 1.54) is 4.90 Å². The second-order valence-corrected chi connectivity index (χ2v) is 6.65. The van der Waals surface area contributed by atoms with Gasteiger partial charge in [0.25, 0.3) is 5.91 Å². The molecule has 1 aliphatic carbocycles. The van der Waals surface area contributed by atoms with Gasteiger partial charge in [0.2, 0.25) is 0 Å². The molecule has 1 N–H and O–H groups in total. The van der Waals surface area contributed by atoms with Crippen molar-refractivity contribution < 1.29 is 4.79 Å². The predicted octanol–water partition coefficient (Wildman–Crippen LogP) is 2.63. The number of nitrogens with zero attached hydrogens (tertiary/aromatic N) is 2. The van der Waals surface area contributed by atoms with Gasteiger partial charge in [0, 0.05) is 32.0 Å². The fraction of sp³-hybridized carbons (Fsp3) is 0.600. The summed E-state index contributed by atoms with van der Waals surface area (Å²) in [5, 5.41) is 3.52. The van der Waals surface area contributed by atoms with Gasteiger partial charge in [0.15, 0.2) is 0 Å². The van der Waals surface area contributed by atoms with Crippen molar-refractivity contribution >= 4 is 11.6 Å². The Morgan fingerprint density at radius 2 is 1.84 bits per heavy atom. The lowest BCUT2D eigenvalue weighted by Gasteiger charge is -2.12. The first-order valence-electron chi connectivity index (χ1n) is 6.62. The van der Waals surface area contributed by atoms with E-state index in [1.54, 1.807) is 20.3 Å². The number of hydrogen-bond donors (Lipinski definition) is 1. The van der Waals surface area contributed by atoms with E-state index in [9.17, 15) is 4.79 Å². The van der Waals surface area contributed by atoms with Crippen LogP contribution in [0.25, 0.3) is 0 Å². The van der Waals surface area contributed by atoms with Gasteiger partial charge in [-0.3, -0.25) is 9.78 Å². The number of amides is 1. The van der Waals surface area contributed by atoms with Crippen molar-refractivity contribution in [2.75, 3.05) is 19.4 Å². The maximum atomic E-state index is 11.9. The van der Waals surface area contributed by atoms with Gasteiger partial charge in [-0.1, -0.05) is 27.7 Å². The zero-order valence-electron chi connectivity index (χ0n) is 12.6. The fourth-order valence-electron chi connectivity index (χ4n) is 2.59. The van der Waals surface area contributed by atoms with Crippen molar-refractivity contribution in [2.45, 2.75) is 33.7 Å². The molecule has 0 aliphatic heterocycles. The van der Waals surface area contributed by atoms with Crippen LogP contribution in [0.15, 0.2) is 18.3 Å². The monoisotopic (exact) mass is 261 g/mol. The summed E-state index contributed by atoms with van der Waals surface area (Å²) in [4.78, 5) is 17.6. The number of rotatable bonds is 3. The Labute approximate surface area is 115 Å². The van der Waals surface area contributed by atoms with Crippen LogP contribution >= 0.6 is 0 Å². The Morgan fingerprint density at radius 3 is 2.32 bits per heavy atom. The number of aromatic nitrogens is 1. The topological polar surface area (TPSA) is 45.2 Å². The lowest BCUT2D eigenvalue weighted by Crippen LogP contribution is -2.23. The third-order valence-corrected chi connectivity index (χ3v) is 4.72. The smallest absolute Gasteiger partial charge is 0.272 e. The summed E-state index contributed by atoms with van der Waals surface area (Å²) in [5.74, 6) is -0.0713. The molecule has 1 aromatic heterocycles. The molecule has 2 rings (SSSR count). The summed E-state index contributed by atoms with van der Waals surface area (Å²) in [5.41, 5.74) is 1.97. The third-order valence-electron chi connectivity index (χ3n) is 4.72. The predicted molar refractivity (Wildman–Crippen MR) is 77.2 cm³/mol. The van der Waals surface area contributed by atoms with Crippen molar-refractivity contribution in [3.05, 3.63) is 24.0 Å². The van der Waals surface area contributed by atoms with Crippen LogP contribution in [-0.2, 0) is 0 Å². The lowest BCUT2D eigenvalue weighted by atomic mass is 10.0. The molecular formula is C15H23N3O. The van der Waals surface area contributed by atoms with Gasteiger partial charge in [0.05, 0.1) is 0 Å². The van der Waals surface area contributed by atoms with Crippen molar-refractivity contribution in [1.29, 1.82) is 0 Å². The number of nitrogens with one attached hydrogen (secondary N) is 1. The number of carbonyl (C=O) groups is 1. The highest BCUT2D eigenvalue weighted by molar-refractivity contribution is 5.92. The quantitative estimate of drug-likeness (QED) is 0.909. The molecule has 1 amide bonds. The maximum absolute atomic E-state index is 11.9. The van der Waals surface area contributed by atoms with Gasteiger partial charge < -0.3 is 10.2 Å². The van der Waals surface area contributed by atoms with Crippen LogP contribution in [0.1, 0.15) is 38.2 Å². The number of hydrogen-bond acceptors (Lipinski definition) is 3. The van der Waals surface area contributed by atoms with E-state index in [0.717, 1.165) is 5.69 Å². The minimum atomic E-state index is -0.0713. The molecule has 0 saturated heterocycles. The Hall–Kier alpha value is -1.58. The number of pyridine rings is 1. The van der Waals surface area contributed by atoms with Crippen molar-refractivity contribution in [3.63, 3.8) is 0 Å². The molecule has 4 heteroatoms. The Morgan fingerprint density at radius 1 is 1.26 bits per heavy atom. The van der Waals surface area contributed by atoms with Gasteiger partial charge in [-0.25, -0.2) is 0 Å². The highest BCUT2D eigenvalue weighted by atomic mass is 16.2. The molecule has 19 heavy (non-hydrogen) atoms. The van der Waals surface area contributed by atoms with Crippen LogP contribution in [0.5, 0.6) is 0 Å². The van der Waals surface area contributed by atoms with Crippen LogP contribution in [0, 0.1) is 10.8 Å². The van der Waals surface area contributed by atoms with E-state index < -0.39 is 0 Å². The molecule has 0 radical (unpaired) electrons. The molecule has 4 nitrogen and oxygen atoms in total. The van der Waals surface area contributed by atoms with Crippen LogP contribution in [0.4, 0.5) is 5.69 Å². The Bertz CT molecular complexity index is 492. The Balaban J connectivity index is 2.16. The average molecular weight is 261 g/mol. The van der Waals surface area contributed by atoms with Gasteiger partial charge in [-0.15, -0.1) is 0 Å². The maximum Gasteiger partial charge on any atom is 0.272 e. The van der Waals surface area contributed by atoms with Crippen LogP contribution in [-0.4, -0.2) is 35.9 Å². The van der Waals surface area contributed by atoms with Crippen molar-refractivity contribution in [1.82, 2.24) is 9.88 Å². The summed E-state index contributed by atoms with van der Waals surface area (Å²) in [7, 11) is 3.47. The van der Waals surface area contributed by atoms with E-state index >= 15 is 0 Å². The van der Waals surface area contributed by atoms with Crippen molar-refractivity contribution in [2.24, 2.45) is 10.8 Å². The van der Waals surface area contributed by atoms with Gasteiger partial charge >= 0.3 is 0 Å². The fourth-order valence-corrected chi connectivity index (χ4v) is 2.59. The van der Waals surface area contributed by atoms with E-state index in [4.69, 9.17) is 0 Å². The standard InChI is InChI=1S/C15H23N3O/c1-14(2)13(15(14,3)4)17-10-7-8-16-11(9-10)12(19)18(5)6/h7-9,13H,1-6H3,(H,16,17). The minimum Gasteiger partial charge on any atom is -0.381 e. The SMILES string of the molecule is CN(C)C(=O)c1cc(NC2C(C)(C)C2(C)C)ccn1. The molecule has 1 aromatic rings. The zero-order chi connectivity index (χ0) is 14.4. The summed E-state index contributed by atoms with van der Waals surface area (Å²) < 4.78 is 0. The van der Waals surface area contributed by atoms with Crippen LogP contribution in [0.2, 0.25) is 0 Å². The molecule has 1 heterocycles. The summed E-state index contributed by atoms with van der Waals surface area (Å²) >= 11 is 0. The first-order valence-corrected chi connectivity index (χ1v) is 6.62. The molecule has 0 aromatic carbocycles. The Kier molecular flexibility index (Phi) is 3.07. The molecule has 1 aliphatic rings. The van der Waals surface area contributed by atoms with Gasteiger partial charge in [-0.05, 0) is 23.0 Å². The van der Waals surface area contributed by atoms with Crippen molar-refractivity contribution in [3.8, 4) is 0 Å². The summed E-state index contributed by atoms with van der Waals surface area (Å²) in [6, 6.07) is 4.16. The van der Waals surface area contributed by atoms with E-state index in [2.05, 4.69) is 38.0 Å². The first kappa shape index (κ1) is 13.8. The number of anilines is 1. The first-order chi connectivity index (χ1) is 8.68. The molecule has 0 unspecified atom stereocenters. The van der Waals surface area contributed by atoms with Gasteiger partial charge in [0.1, 0.15) is 5.69 Å². The zero-order valence-corrected chi connectivity index (χ0v) is 12.6. The van der Waals surface area contributed by atoms with Gasteiger partial charge in [-0.2, -0.15) is 0 Å². The lowest BCUT2D eigenvalue weighted by molar-refractivity contribution is 0.0822. The number of carbonyl (C=O) groups excluding carboxylic acids is 1. The molecule has 1 fully saturated rings. The molecular weight excluding hydrogens is 238 g/mol. The minimum absolute atomic E-state index is 0.0713. The molecule has 0 bridgehead atoms. The molecule has 104 valence electrons. The summed E-state index contributed by atoms with van der Waals surface area (Å²) in [6.07, 6.45) is 1.68. The molecule has 0 atom stereocenters. The molecule has 0 spiro atoms. The van der Waals surface area contributed by atoms with E-state index in [0.29, 0.717) is 11.7 Å². The third kappa shape index (κ3) is 2.20. The second-order valence-electron chi connectivity index (χ2n) is 6.65. The van der Waals surface area contributed by atoms with E-state index in [1.807, 2.05) is 12.1 Å². The normalized spacial score (nSPS) is 19.9. The second kappa shape index (κ2) is 4.22. The van der Waals surface area contributed by atoms with Crippen LogP contribution < -0.4 is 5.32 Å². The highest BCUT2D eigenvalue weighted by Gasteiger charge is 2.64. The molecule has 1 saturated carbocycles. The van der Waals surface area contributed by atoms with E-state index in [-0.39, 0.29) is 16.7 Å². The summed E-state index contributed by atoms with van der Waals surface area (Å²) in [6.45, 7) is 9.05. The van der Waals surface area contributed by atoms with Crippen LogP contribution in [0.3, 0.4) is 0 Å². The largest absolute Gasteiger partial charge is 0.381 e.